The Bertz CT molecular complexity index is 1900. The highest BCUT2D eigenvalue weighted by molar-refractivity contribution is 9.10. The first-order valence-corrected chi connectivity index (χ1v) is 15.8. The summed E-state index contributed by atoms with van der Waals surface area (Å²) >= 11 is 17.2. The summed E-state index contributed by atoms with van der Waals surface area (Å²) in [6.45, 7) is 4.42. The molecule has 0 radical (unpaired) electrons. The third-order valence-electron chi connectivity index (χ3n) is 6.78. The zero-order valence-electron chi connectivity index (χ0n) is 23.5. The number of allylic oxidation sites excluding steroid dienone is 1. The predicted molar refractivity (Wildman–Crippen MR) is 173 cm³/mol. The van der Waals surface area contributed by atoms with Crippen molar-refractivity contribution in [2.45, 2.75) is 32.9 Å². The second-order valence-corrected chi connectivity index (χ2v) is 12.2. The molecule has 0 spiro atoms. The van der Waals surface area contributed by atoms with Crippen molar-refractivity contribution in [1.29, 1.82) is 0 Å². The molecule has 1 aliphatic heterocycles. The number of hydrogen-bond donors (Lipinski definition) is 0. The van der Waals surface area contributed by atoms with Gasteiger partial charge in [0, 0.05) is 15.6 Å². The number of rotatable bonds is 9. The lowest BCUT2D eigenvalue weighted by molar-refractivity contribution is -0.136. The number of aromatic nitrogens is 1. The number of methoxy groups -OCH3 is 1. The third-order valence-corrected chi connectivity index (χ3v) is 8.94. The van der Waals surface area contributed by atoms with Crippen LogP contribution in [-0.4, -0.2) is 24.3 Å². The Labute approximate surface area is 270 Å². The van der Waals surface area contributed by atoms with Gasteiger partial charge in [-0.15, -0.1) is 0 Å². The molecule has 0 saturated heterocycles. The van der Waals surface area contributed by atoms with Gasteiger partial charge < -0.3 is 14.2 Å². The zero-order chi connectivity index (χ0) is 30.7. The van der Waals surface area contributed by atoms with E-state index in [2.05, 4.69) is 15.9 Å². The lowest BCUT2D eigenvalue weighted by Crippen LogP contribution is -2.40. The number of halogens is 3. The highest BCUT2D eigenvalue weighted by Gasteiger charge is 2.33. The molecule has 1 aromatic heterocycles. The van der Waals surface area contributed by atoms with Gasteiger partial charge in [-0.1, -0.05) is 77.9 Å². The van der Waals surface area contributed by atoms with Gasteiger partial charge in [0.2, 0.25) is 0 Å². The topological polar surface area (TPSA) is 79.1 Å². The summed E-state index contributed by atoms with van der Waals surface area (Å²) in [5.41, 5.74) is 2.98. The van der Waals surface area contributed by atoms with Crippen LogP contribution in [0.25, 0.3) is 6.08 Å². The van der Waals surface area contributed by atoms with Crippen LogP contribution < -0.4 is 24.4 Å². The standard InChI is InChI=1S/C32H27BrCl2N2O5S/c1-4-24-27(31(39)40-3)28(19-9-7-6-8-10-19)37-30(38)26(43-32(37)36-24)15-18-13-22(33)29(25(14-18)41-5-2)42-17-20-11-12-21(34)16-23(20)35/h6-16,28H,4-5,17H2,1-3H3/b26-15-/t28-/m0/s1. The Balaban J connectivity index is 1.59. The molecule has 0 N–H and O–H groups in total. The molecule has 0 aliphatic carbocycles. The largest absolute Gasteiger partial charge is 0.490 e. The summed E-state index contributed by atoms with van der Waals surface area (Å²) in [5.74, 6) is 0.500. The predicted octanol–water partition coefficient (Wildman–Crippen LogP) is 6.85. The second-order valence-electron chi connectivity index (χ2n) is 9.49. The molecule has 4 aromatic rings. The smallest absolute Gasteiger partial charge is 0.338 e. The number of carbonyl (C=O) groups excluding carboxylic acids is 1. The number of esters is 1. The van der Waals surface area contributed by atoms with Gasteiger partial charge in [0.15, 0.2) is 16.3 Å². The second kappa shape index (κ2) is 13.5. The molecule has 1 aliphatic rings. The van der Waals surface area contributed by atoms with Crippen molar-refractivity contribution in [2.24, 2.45) is 4.99 Å². The molecular weight excluding hydrogens is 675 g/mol. The quantitative estimate of drug-likeness (QED) is 0.179. The van der Waals surface area contributed by atoms with E-state index in [1.165, 1.54) is 18.4 Å². The van der Waals surface area contributed by atoms with Crippen molar-refractivity contribution in [1.82, 2.24) is 4.57 Å². The van der Waals surface area contributed by atoms with Crippen molar-refractivity contribution in [2.75, 3.05) is 13.7 Å². The summed E-state index contributed by atoms with van der Waals surface area (Å²) in [6.07, 6.45) is 2.29. The van der Waals surface area contributed by atoms with Gasteiger partial charge in [-0.3, -0.25) is 9.36 Å². The molecule has 0 saturated carbocycles. The fourth-order valence-corrected chi connectivity index (χ4v) is 6.89. The van der Waals surface area contributed by atoms with Crippen LogP contribution in [0.5, 0.6) is 11.5 Å². The summed E-state index contributed by atoms with van der Waals surface area (Å²) in [6, 6.07) is 17.7. The average Bonchev–Trinajstić information content (AvgIpc) is 3.30. The number of thiazole rings is 1. The van der Waals surface area contributed by atoms with Crippen molar-refractivity contribution in [3.8, 4) is 11.5 Å². The van der Waals surface area contributed by atoms with E-state index in [4.69, 9.17) is 42.4 Å². The molecule has 0 fully saturated rings. The van der Waals surface area contributed by atoms with E-state index in [1.54, 1.807) is 22.8 Å². The lowest BCUT2D eigenvalue weighted by Gasteiger charge is -2.25. The molecule has 0 bridgehead atoms. The third kappa shape index (κ3) is 6.45. The maximum absolute atomic E-state index is 13.9. The highest BCUT2D eigenvalue weighted by Crippen LogP contribution is 2.38. The van der Waals surface area contributed by atoms with Gasteiger partial charge in [-0.25, -0.2) is 9.79 Å². The molecule has 2 heterocycles. The SMILES string of the molecule is CCOc1cc(/C=c2\sc3n(c2=O)[C@@H](c2ccccc2)C(C(=O)OC)=C(CC)N=3)cc(Br)c1OCc1ccc(Cl)cc1Cl. The van der Waals surface area contributed by atoms with E-state index in [1.807, 2.05) is 62.4 Å². The van der Waals surface area contributed by atoms with E-state index >= 15 is 0 Å². The Morgan fingerprint density at radius 3 is 2.53 bits per heavy atom. The number of nitrogens with zero attached hydrogens (tertiary/aromatic N) is 2. The first kappa shape index (κ1) is 31.1. The first-order chi connectivity index (χ1) is 20.7. The van der Waals surface area contributed by atoms with Gasteiger partial charge >= 0.3 is 5.97 Å². The minimum Gasteiger partial charge on any atom is -0.490 e. The Morgan fingerprint density at radius 1 is 1.09 bits per heavy atom. The van der Waals surface area contributed by atoms with Crippen LogP contribution in [0, 0.1) is 0 Å². The Kier molecular flexibility index (Phi) is 9.76. The molecule has 5 rings (SSSR count). The molecule has 1 atom stereocenters. The Morgan fingerprint density at radius 2 is 1.86 bits per heavy atom. The fourth-order valence-electron chi connectivity index (χ4n) is 4.83. The van der Waals surface area contributed by atoms with Crippen molar-refractivity contribution < 1.29 is 19.0 Å². The molecule has 43 heavy (non-hydrogen) atoms. The molecule has 222 valence electrons. The van der Waals surface area contributed by atoms with E-state index in [9.17, 15) is 9.59 Å². The molecule has 0 unspecified atom stereocenters. The van der Waals surface area contributed by atoms with Crippen LogP contribution in [0.3, 0.4) is 0 Å². The van der Waals surface area contributed by atoms with Crippen LogP contribution in [0.15, 0.2) is 86.2 Å². The van der Waals surface area contributed by atoms with Gasteiger partial charge in [0.05, 0.1) is 40.0 Å². The molecule has 3 aromatic carbocycles. The molecule has 7 nitrogen and oxygen atoms in total. The van der Waals surface area contributed by atoms with E-state index in [0.717, 1.165) is 16.7 Å². The van der Waals surface area contributed by atoms with E-state index in [0.29, 0.717) is 59.6 Å². The number of ether oxygens (including phenoxy) is 3. The fraction of sp³-hybridized carbons (Fsp3) is 0.219. The van der Waals surface area contributed by atoms with Crippen molar-refractivity contribution in [3.63, 3.8) is 0 Å². The minimum atomic E-state index is -0.664. The van der Waals surface area contributed by atoms with E-state index < -0.39 is 12.0 Å². The van der Waals surface area contributed by atoms with Crippen LogP contribution >= 0.6 is 50.5 Å². The first-order valence-electron chi connectivity index (χ1n) is 13.5. The number of fused-ring (bicyclic) bond motifs is 1. The van der Waals surface area contributed by atoms with Crippen molar-refractivity contribution in [3.05, 3.63) is 123 Å². The van der Waals surface area contributed by atoms with Gasteiger partial charge in [0.25, 0.3) is 5.56 Å². The number of benzene rings is 3. The Hall–Kier alpha value is -3.37. The summed E-state index contributed by atoms with van der Waals surface area (Å²) in [7, 11) is 1.33. The monoisotopic (exact) mass is 700 g/mol. The highest BCUT2D eigenvalue weighted by atomic mass is 79.9. The zero-order valence-corrected chi connectivity index (χ0v) is 27.4. The van der Waals surface area contributed by atoms with Crippen LogP contribution in [-0.2, 0) is 16.1 Å². The summed E-state index contributed by atoms with van der Waals surface area (Å²) in [4.78, 5) is 32.2. The van der Waals surface area contributed by atoms with Crippen molar-refractivity contribution >= 4 is 62.5 Å². The maximum Gasteiger partial charge on any atom is 0.338 e. The van der Waals surface area contributed by atoms with Gasteiger partial charge in [0.1, 0.15) is 6.61 Å². The molecule has 0 amide bonds. The van der Waals surface area contributed by atoms with Crippen LogP contribution in [0.1, 0.15) is 43.0 Å². The summed E-state index contributed by atoms with van der Waals surface area (Å²) in [5, 5.41) is 1.05. The number of carbonyl (C=O) groups is 1. The molecular formula is C32H27BrCl2N2O5S. The maximum atomic E-state index is 13.9. The number of hydrogen-bond acceptors (Lipinski definition) is 7. The summed E-state index contributed by atoms with van der Waals surface area (Å²) < 4.78 is 19.8. The van der Waals surface area contributed by atoms with Gasteiger partial charge in [-0.2, -0.15) is 0 Å². The van der Waals surface area contributed by atoms with Gasteiger partial charge in [-0.05, 0) is 70.7 Å². The van der Waals surface area contributed by atoms with Crippen LogP contribution in [0.4, 0.5) is 0 Å². The average molecular weight is 702 g/mol. The lowest BCUT2D eigenvalue weighted by atomic mass is 9.95. The van der Waals surface area contributed by atoms with E-state index in [-0.39, 0.29) is 12.2 Å². The molecule has 11 heteroatoms. The van der Waals surface area contributed by atoms with Crippen LogP contribution in [0.2, 0.25) is 10.0 Å². The normalized spacial score (nSPS) is 14.7. The minimum absolute atomic E-state index is 0.203.